The maximum atomic E-state index is 3.60. The Morgan fingerprint density at radius 3 is 2.62 bits per heavy atom. The van der Waals surface area contributed by atoms with Crippen molar-refractivity contribution in [3.05, 3.63) is 12.7 Å². The highest BCUT2D eigenvalue weighted by Crippen LogP contribution is 1.74. The van der Waals surface area contributed by atoms with Gasteiger partial charge in [0.1, 0.15) is 0 Å². The summed E-state index contributed by atoms with van der Waals surface area (Å²) in [5.41, 5.74) is 3.11. The third-order valence-corrected chi connectivity index (χ3v) is 0.776. The van der Waals surface area contributed by atoms with Gasteiger partial charge in [0.2, 0.25) is 0 Å². The van der Waals surface area contributed by atoms with E-state index in [4.69, 9.17) is 0 Å². The topological polar surface area (TPSA) is 15.3 Å². The lowest BCUT2D eigenvalue weighted by Gasteiger charge is -2.09. The van der Waals surface area contributed by atoms with Crippen molar-refractivity contribution >= 4 is 0 Å². The first-order valence-corrected chi connectivity index (χ1v) is 2.79. The molecule has 8 heavy (non-hydrogen) atoms. The van der Waals surface area contributed by atoms with Gasteiger partial charge in [0.15, 0.2) is 0 Å². The van der Waals surface area contributed by atoms with Crippen molar-refractivity contribution in [1.29, 1.82) is 0 Å². The molecule has 0 atom stereocenters. The van der Waals surface area contributed by atoms with Crippen LogP contribution in [-0.2, 0) is 0 Å². The van der Waals surface area contributed by atoms with E-state index < -0.39 is 0 Å². The average Bonchev–Trinajstić information content (AvgIpc) is 1.66. The van der Waals surface area contributed by atoms with E-state index in [2.05, 4.69) is 12.0 Å². The molecule has 0 fully saturated rings. The molecule has 0 aromatic carbocycles. The minimum atomic E-state index is 0.983. The molecule has 0 amide bonds. The Morgan fingerprint density at radius 1 is 1.62 bits per heavy atom. The minimum Gasteiger partial charge on any atom is -0.255 e. The lowest BCUT2D eigenvalue weighted by atomic mass is 10.4. The summed E-state index contributed by atoms with van der Waals surface area (Å²) in [5, 5.41) is 1.93. The zero-order chi connectivity index (χ0) is 6.41. The molecule has 0 spiro atoms. The highest BCUT2D eigenvalue weighted by molar-refractivity contribution is 4.66. The van der Waals surface area contributed by atoms with E-state index in [0.29, 0.717) is 0 Å². The van der Waals surface area contributed by atoms with Gasteiger partial charge in [-0.1, -0.05) is 6.08 Å². The first-order valence-electron chi connectivity index (χ1n) is 2.79. The van der Waals surface area contributed by atoms with Crippen molar-refractivity contribution in [3.8, 4) is 0 Å². The van der Waals surface area contributed by atoms with E-state index in [0.717, 1.165) is 13.0 Å². The maximum absolute atomic E-state index is 3.60. The van der Waals surface area contributed by atoms with Crippen LogP contribution >= 0.6 is 0 Å². The van der Waals surface area contributed by atoms with Crippen LogP contribution in [0.2, 0.25) is 0 Å². The van der Waals surface area contributed by atoms with Crippen LogP contribution in [0.15, 0.2) is 12.7 Å². The van der Waals surface area contributed by atoms with E-state index in [-0.39, 0.29) is 0 Å². The zero-order valence-corrected chi connectivity index (χ0v) is 5.65. The van der Waals surface area contributed by atoms with Crippen LogP contribution in [0.4, 0.5) is 0 Å². The quantitative estimate of drug-likeness (QED) is 0.327. The Bertz CT molecular complexity index is 59.5. The van der Waals surface area contributed by atoms with E-state index in [1.54, 1.807) is 0 Å². The van der Waals surface area contributed by atoms with Gasteiger partial charge in [0, 0.05) is 20.6 Å². The van der Waals surface area contributed by atoms with E-state index in [1.807, 2.05) is 25.2 Å². The predicted molar refractivity (Wildman–Crippen MR) is 36.5 cm³/mol. The highest BCUT2D eigenvalue weighted by Gasteiger charge is 1.81. The molecule has 0 aliphatic carbocycles. The predicted octanol–water partition coefficient (Wildman–Crippen LogP) is 0.629. The van der Waals surface area contributed by atoms with Crippen LogP contribution in [0.25, 0.3) is 0 Å². The van der Waals surface area contributed by atoms with E-state index >= 15 is 0 Å². The van der Waals surface area contributed by atoms with Crippen molar-refractivity contribution in [2.24, 2.45) is 0 Å². The molecule has 0 aliphatic rings. The summed E-state index contributed by atoms with van der Waals surface area (Å²) in [5.74, 6) is 0. The van der Waals surface area contributed by atoms with Crippen LogP contribution in [-0.4, -0.2) is 25.6 Å². The van der Waals surface area contributed by atoms with Crippen LogP contribution in [0.3, 0.4) is 0 Å². The summed E-state index contributed by atoms with van der Waals surface area (Å²) in [4.78, 5) is 0. The fourth-order valence-corrected chi connectivity index (χ4v) is 0.390. The van der Waals surface area contributed by atoms with Crippen molar-refractivity contribution in [3.63, 3.8) is 0 Å². The third-order valence-electron chi connectivity index (χ3n) is 0.776. The first-order chi connectivity index (χ1) is 3.77. The van der Waals surface area contributed by atoms with E-state index in [9.17, 15) is 0 Å². The van der Waals surface area contributed by atoms with Gasteiger partial charge in [-0.25, -0.2) is 0 Å². The second-order valence-electron chi connectivity index (χ2n) is 1.88. The molecule has 0 aromatic rings. The monoisotopic (exact) mass is 114 g/mol. The molecule has 0 saturated carbocycles. The van der Waals surface area contributed by atoms with Gasteiger partial charge < -0.3 is 0 Å². The number of hydrogen-bond donors (Lipinski definition) is 1. The van der Waals surface area contributed by atoms with Gasteiger partial charge in [0.25, 0.3) is 0 Å². The molecule has 48 valence electrons. The number of rotatable bonds is 4. The number of hydrogen-bond acceptors (Lipinski definition) is 2. The lowest BCUT2D eigenvalue weighted by molar-refractivity contribution is 0.293. The summed E-state index contributed by atoms with van der Waals surface area (Å²) in [7, 11) is 3.95. The lowest BCUT2D eigenvalue weighted by Crippen LogP contribution is -2.30. The van der Waals surface area contributed by atoms with Gasteiger partial charge in [-0.2, -0.15) is 0 Å². The Balaban J connectivity index is 2.81. The molecular weight excluding hydrogens is 100 g/mol. The maximum Gasteiger partial charge on any atom is 0.0136 e. The Morgan fingerprint density at radius 2 is 2.25 bits per heavy atom. The second kappa shape index (κ2) is 4.81. The van der Waals surface area contributed by atoms with Crippen molar-refractivity contribution in [2.75, 3.05) is 20.6 Å². The highest BCUT2D eigenvalue weighted by atomic mass is 15.5. The molecule has 0 unspecified atom stereocenters. The smallest absolute Gasteiger partial charge is 0.0136 e. The number of nitrogens with one attached hydrogen (secondary N) is 1. The molecule has 0 radical (unpaired) electrons. The summed E-state index contributed by atoms with van der Waals surface area (Å²) in [6.07, 6.45) is 2.93. The number of hydrazine groups is 1. The Hall–Kier alpha value is -0.340. The standard InChI is InChI=1S/C6H14N2/c1-4-5-6-7-8(2)3/h4,7H,1,5-6H2,2-3H3. The molecule has 2 nitrogen and oxygen atoms in total. The third kappa shape index (κ3) is 5.66. The van der Waals surface area contributed by atoms with Crippen LogP contribution < -0.4 is 5.43 Å². The van der Waals surface area contributed by atoms with Gasteiger partial charge in [-0.15, -0.1) is 6.58 Å². The Kier molecular flexibility index (Phi) is 4.61. The molecule has 0 aliphatic heterocycles. The normalized spacial score (nSPS) is 9.88. The van der Waals surface area contributed by atoms with E-state index in [1.165, 1.54) is 0 Å². The van der Waals surface area contributed by atoms with Crippen LogP contribution in [0, 0.1) is 0 Å². The van der Waals surface area contributed by atoms with Crippen LogP contribution in [0.1, 0.15) is 6.42 Å². The SMILES string of the molecule is C=CCCNN(C)C. The molecule has 1 N–H and O–H groups in total. The van der Waals surface area contributed by atoms with Gasteiger partial charge in [-0.05, 0) is 6.42 Å². The minimum absolute atomic E-state index is 0.983. The molecule has 0 heterocycles. The van der Waals surface area contributed by atoms with Gasteiger partial charge >= 0.3 is 0 Å². The van der Waals surface area contributed by atoms with Gasteiger partial charge in [-0.3, -0.25) is 10.4 Å². The fraction of sp³-hybridized carbons (Fsp3) is 0.667. The molecule has 0 bridgehead atoms. The van der Waals surface area contributed by atoms with Crippen LogP contribution in [0.5, 0.6) is 0 Å². The molecule has 0 saturated heterocycles. The van der Waals surface area contributed by atoms with Crippen molar-refractivity contribution in [1.82, 2.24) is 10.4 Å². The van der Waals surface area contributed by atoms with Gasteiger partial charge in [0.05, 0.1) is 0 Å². The summed E-state index contributed by atoms with van der Waals surface area (Å²) >= 11 is 0. The summed E-state index contributed by atoms with van der Waals surface area (Å²) in [6.45, 7) is 4.58. The second-order valence-corrected chi connectivity index (χ2v) is 1.88. The van der Waals surface area contributed by atoms with Crippen molar-refractivity contribution < 1.29 is 0 Å². The largest absolute Gasteiger partial charge is 0.255 e. The average molecular weight is 114 g/mol. The first kappa shape index (κ1) is 7.66. The zero-order valence-electron chi connectivity index (χ0n) is 5.65. The Labute approximate surface area is 51.2 Å². The summed E-state index contributed by atoms with van der Waals surface area (Å²) < 4.78 is 0. The molecule has 0 aromatic heterocycles. The van der Waals surface area contributed by atoms with Crippen molar-refractivity contribution in [2.45, 2.75) is 6.42 Å². The fourth-order valence-electron chi connectivity index (χ4n) is 0.390. The number of nitrogens with zero attached hydrogens (tertiary/aromatic N) is 1. The molecule has 2 heteroatoms. The molecular formula is C6H14N2. The molecule has 0 rings (SSSR count). The summed E-state index contributed by atoms with van der Waals surface area (Å²) in [6, 6.07) is 0.